The third kappa shape index (κ3) is 3.19. The second kappa shape index (κ2) is 8.41. The van der Waals surface area contributed by atoms with Crippen molar-refractivity contribution in [2.75, 3.05) is 51.3 Å². The van der Waals surface area contributed by atoms with Crippen molar-refractivity contribution >= 4 is 23.3 Å². The third-order valence-electron chi connectivity index (χ3n) is 6.87. The normalized spacial score (nSPS) is 22.9. The van der Waals surface area contributed by atoms with Crippen LogP contribution in [-0.2, 0) is 19.9 Å². The molecule has 1 spiro atoms. The van der Waals surface area contributed by atoms with Crippen LogP contribution < -0.4 is 4.90 Å². The van der Waals surface area contributed by atoms with E-state index in [0.717, 1.165) is 13.1 Å². The van der Waals surface area contributed by atoms with Crippen LogP contribution >= 0.6 is 0 Å². The molecule has 3 aliphatic heterocycles. The number of likely N-dealkylation sites (N-methyl/N-ethyl adjacent to an activating group) is 1. The summed E-state index contributed by atoms with van der Waals surface area (Å²) in [6.45, 7) is 5.52. The number of morpholine rings is 1. The van der Waals surface area contributed by atoms with Gasteiger partial charge >= 0.3 is 0 Å². The summed E-state index contributed by atoms with van der Waals surface area (Å²) >= 11 is 0. The number of para-hydroxylation sites is 1. The predicted molar refractivity (Wildman–Crippen MR) is 123 cm³/mol. The Kier molecular flexibility index (Phi) is 5.53. The van der Waals surface area contributed by atoms with Crippen LogP contribution in [0.4, 0.5) is 5.69 Å². The summed E-state index contributed by atoms with van der Waals surface area (Å²) in [4.78, 5) is 45.9. The third-order valence-corrected chi connectivity index (χ3v) is 6.87. The van der Waals surface area contributed by atoms with Gasteiger partial charge in [0, 0.05) is 44.5 Å². The maximum Gasteiger partial charge on any atom is 0.290 e. The molecular weight excluding hydrogens is 438 g/mol. The van der Waals surface area contributed by atoms with E-state index in [9.17, 15) is 19.5 Å². The van der Waals surface area contributed by atoms with Crippen molar-refractivity contribution < 1.29 is 28.6 Å². The van der Waals surface area contributed by atoms with Crippen molar-refractivity contribution in [3.05, 3.63) is 64.8 Å². The van der Waals surface area contributed by atoms with E-state index in [1.165, 1.54) is 15.9 Å². The number of carbonyl (C=O) groups excluding carboxylic acids is 3. The van der Waals surface area contributed by atoms with E-state index in [4.69, 9.17) is 9.15 Å². The van der Waals surface area contributed by atoms with E-state index in [0.29, 0.717) is 43.2 Å². The first-order valence-corrected chi connectivity index (χ1v) is 11.4. The van der Waals surface area contributed by atoms with Crippen LogP contribution in [0.1, 0.15) is 28.3 Å². The molecule has 0 aliphatic carbocycles. The summed E-state index contributed by atoms with van der Waals surface area (Å²) in [7, 11) is 1.61. The van der Waals surface area contributed by atoms with Crippen molar-refractivity contribution in [2.24, 2.45) is 0 Å². The number of nitrogens with zero attached hydrogens (tertiary/aromatic N) is 3. The minimum absolute atomic E-state index is 0.0266. The number of hydrogen-bond donors (Lipinski definition) is 1. The molecule has 1 aromatic heterocycles. The molecule has 1 aromatic carbocycles. The first-order valence-electron chi connectivity index (χ1n) is 11.4. The predicted octanol–water partition coefficient (Wildman–Crippen LogP) is 2.02. The largest absolute Gasteiger partial charge is 0.503 e. The molecule has 0 radical (unpaired) electrons. The molecule has 9 heteroatoms. The van der Waals surface area contributed by atoms with Gasteiger partial charge in [-0.2, -0.15) is 0 Å². The standard InChI is InChI=1S/C25H27N3O6/c1-16-8-9-19(34-16)21(29)20-22(30)23(31)28(11-5-10-27-12-14-33-15-13-27)25(20)17-6-3-4-7-18(17)26(2)24(25)32/h3-4,6-9,30H,5,10-15H2,1-2H3/t25-/m1/s1. The molecule has 1 atom stereocenters. The quantitative estimate of drug-likeness (QED) is 0.651. The van der Waals surface area contributed by atoms with E-state index in [-0.39, 0.29) is 17.9 Å². The number of amides is 2. The van der Waals surface area contributed by atoms with Crippen LogP contribution in [-0.4, -0.2) is 78.9 Å². The lowest BCUT2D eigenvalue weighted by Crippen LogP contribution is -2.54. The van der Waals surface area contributed by atoms with E-state index in [1.54, 1.807) is 44.3 Å². The minimum atomic E-state index is -1.74. The zero-order chi connectivity index (χ0) is 24.0. The van der Waals surface area contributed by atoms with E-state index >= 15 is 0 Å². The van der Waals surface area contributed by atoms with Crippen LogP contribution in [0.3, 0.4) is 0 Å². The van der Waals surface area contributed by atoms with Gasteiger partial charge in [-0.1, -0.05) is 18.2 Å². The number of fused-ring (bicyclic) bond motifs is 2. The van der Waals surface area contributed by atoms with Gasteiger partial charge in [-0.25, -0.2) is 0 Å². The van der Waals surface area contributed by atoms with Gasteiger partial charge in [0.2, 0.25) is 5.78 Å². The number of carbonyl (C=O) groups is 3. The molecule has 1 fully saturated rings. The summed E-state index contributed by atoms with van der Waals surface area (Å²) in [5, 5.41) is 11.0. The van der Waals surface area contributed by atoms with Gasteiger partial charge < -0.3 is 24.1 Å². The van der Waals surface area contributed by atoms with Crippen molar-refractivity contribution in [3.63, 3.8) is 0 Å². The van der Waals surface area contributed by atoms with E-state index in [1.807, 2.05) is 0 Å². The Morgan fingerprint density at radius 1 is 1.09 bits per heavy atom. The molecule has 5 rings (SSSR count). The number of benzene rings is 1. The van der Waals surface area contributed by atoms with Gasteiger partial charge in [-0.15, -0.1) is 0 Å². The first kappa shape index (κ1) is 22.4. The zero-order valence-corrected chi connectivity index (χ0v) is 19.2. The number of furan rings is 1. The molecule has 4 heterocycles. The Balaban J connectivity index is 1.58. The van der Waals surface area contributed by atoms with Crippen LogP contribution in [0.25, 0.3) is 0 Å². The second-order valence-electron chi connectivity index (χ2n) is 8.82. The molecule has 0 unspecified atom stereocenters. The molecule has 0 saturated carbocycles. The van der Waals surface area contributed by atoms with Gasteiger partial charge in [0.1, 0.15) is 5.76 Å². The van der Waals surface area contributed by atoms with Gasteiger partial charge in [-0.3, -0.25) is 19.3 Å². The van der Waals surface area contributed by atoms with Crippen molar-refractivity contribution in [1.82, 2.24) is 9.80 Å². The smallest absolute Gasteiger partial charge is 0.290 e. The average Bonchev–Trinajstić information content (AvgIpc) is 3.45. The molecule has 0 bridgehead atoms. The maximum atomic E-state index is 13.9. The lowest BCUT2D eigenvalue weighted by atomic mass is 9.81. The minimum Gasteiger partial charge on any atom is -0.503 e. The van der Waals surface area contributed by atoms with Crippen molar-refractivity contribution in [2.45, 2.75) is 18.9 Å². The Bertz CT molecular complexity index is 1190. The number of aryl methyl sites for hydroxylation is 1. The fourth-order valence-corrected chi connectivity index (χ4v) is 5.23. The summed E-state index contributed by atoms with van der Waals surface area (Å²) in [5.41, 5.74) is -0.901. The molecular formula is C25H27N3O6. The highest BCUT2D eigenvalue weighted by Gasteiger charge is 2.65. The molecule has 1 N–H and O–H groups in total. The van der Waals surface area contributed by atoms with Crippen LogP contribution in [0, 0.1) is 6.92 Å². The number of rotatable bonds is 6. The Morgan fingerprint density at radius 2 is 1.82 bits per heavy atom. The number of aliphatic hydroxyl groups excluding tert-OH is 1. The van der Waals surface area contributed by atoms with Crippen LogP contribution in [0.2, 0.25) is 0 Å². The fourth-order valence-electron chi connectivity index (χ4n) is 5.23. The lowest BCUT2D eigenvalue weighted by Gasteiger charge is -2.36. The number of anilines is 1. The number of ether oxygens (including phenoxy) is 1. The Labute approximate surface area is 197 Å². The SMILES string of the molecule is Cc1ccc(C(=O)C2=C(O)C(=O)N(CCCN3CCOCC3)[C@@]23C(=O)N(C)c2ccccc23)o1. The Morgan fingerprint density at radius 3 is 2.53 bits per heavy atom. The average molecular weight is 466 g/mol. The zero-order valence-electron chi connectivity index (χ0n) is 19.2. The summed E-state index contributed by atoms with van der Waals surface area (Å²) < 4.78 is 10.9. The van der Waals surface area contributed by atoms with E-state index in [2.05, 4.69) is 4.90 Å². The topological polar surface area (TPSA) is 104 Å². The first-order chi connectivity index (χ1) is 16.4. The van der Waals surface area contributed by atoms with Gasteiger partial charge in [0.25, 0.3) is 11.8 Å². The van der Waals surface area contributed by atoms with Gasteiger partial charge in [0.05, 0.1) is 18.8 Å². The monoisotopic (exact) mass is 465 g/mol. The highest BCUT2D eigenvalue weighted by Crippen LogP contribution is 2.53. The highest BCUT2D eigenvalue weighted by molar-refractivity contribution is 6.25. The van der Waals surface area contributed by atoms with Crippen molar-refractivity contribution in [1.29, 1.82) is 0 Å². The summed E-state index contributed by atoms with van der Waals surface area (Å²) in [5.74, 6) is -2.08. The summed E-state index contributed by atoms with van der Waals surface area (Å²) in [6, 6.07) is 10.2. The number of hydrogen-bond acceptors (Lipinski definition) is 7. The Hall–Kier alpha value is -3.43. The molecule has 1 saturated heterocycles. The second-order valence-corrected chi connectivity index (χ2v) is 8.82. The highest BCUT2D eigenvalue weighted by atomic mass is 16.5. The number of aliphatic hydroxyl groups is 1. The molecule has 178 valence electrons. The van der Waals surface area contributed by atoms with Crippen LogP contribution in [0.15, 0.2) is 52.1 Å². The number of Topliss-reactive ketones (excluding diaryl/α,β-unsaturated/α-hetero) is 1. The molecule has 2 aromatic rings. The number of ketones is 1. The molecule has 3 aliphatic rings. The molecule has 9 nitrogen and oxygen atoms in total. The van der Waals surface area contributed by atoms with Gasteiger partial charge in [0.15, 0.2) is 17.1 Å². The fraction of sp³-hybridized carbons (Fsp3) is 0.400. The molecule has 34 heavy (non-hydrogen) atoms. The van der Waals surface area contributed by atoms with Crippen LogP contribution in [0.5, 0.6) is 0 Å². The van der Waals surface area contributed by atoms with E-state index < -0.39 is 28.9 Å². The summed E-state index contributed by atoms with van der Waals surface area (Å²) in [6.07, 6.45) is 0.571. The van der Waals surface area contributed by atoms with Crippen molar-refractivity contribution in [3.8, 4) is 0 Å². The maximum absolute atomic E-state index is 13.9. The lowest BCUT2D eigenvalue weighted by molar-refractivity contribution is -0.139. The van der Waals surface area contributed by atoms with Gasteiger partial charge in [-0.05, 0) is 31.5 Å². The molecule has 2 amide bonds.